The molecule has 2 rings (SSSR count). The van der Waals surface area contributed by atoms with Crippen molar-refractivity contribution in [1.29, 1.82) is 0 Å². The fourth-order valence-corrected chi connectivity index (χ4v) is 2.51. The minimum Gasteiger partial charge on any atom is -0.379 e. The van der Waals surface area contributed by atoms with E-state index >= 15 is 0 Å². The summed E-state index contributed by atoms with van der Waals surface area (Å²) in [5.74, 6) is -0.564. The second-order valence-electron chi connectivity index (χ2n) is 6.16. The molecule has 2 atom stereocenters. The Hall–Kier alpha value is -1.56. The van der Waals surface area contributed by atoms with E-state index < -0.39 is 17.7 Å². The molecule has 0 saturated carbocycles. The van der Waals surface area contributed by atoms with E-state index in [1.807, 2.05) is 6.92 Å². The molecule has 1 N–H and O–H groups in total. The quantitative estimate of drug-likeness (QED) is 0.927. The first kappa shape index (κ1) is 16.8. The number of carbonyl (C=O) groups is 1. The van der Waals surface area contributed by atoms with Crippen LogP contribution < -0.4 is 5.32 Å². The Bertz CT molecular complexity index is 536. The smallest absolute Gasteiger partial charge is 0.379 e. The number of hydrogen-bond acceptors (Lipinski definition) is 2. The first-order valence-electron chi connectivity index (χ1n) is 7.25. The Morgan fingerprint density at radius 3 is 2.77 bits per heavy atom. The normalized spacial score (nSPS) is 23.3. The third kappa shape index (κ3) is 4.22. The maximum atomic E-state index is 12.7. The Morgan fingerprint density at radius 1 is 1.45 bits per heavy atom. The van der Waals surface area contributed by atoms with Crippen molar-refractivity contribution in [3.8, 4) is 0 Å². The topological polar surface area (TPSA) is 38.3 Å². The average molecular weight is 315 g/mol. The molecule has 1 heterocycles. The molecule has 1 aromatic carbocycles. The zero-order valence-corrected chi connectivity index (χ0v) is 12.7. The van der Waals surface area contributed by atoms with Crippen LogP contribution in [0.1, 0.15) is 31.4 Å². The second-order valence-corrected chi connectivity index (χ2v) is 6.16. The summed E-state index contributed by atoms with van der Waals surface area (Å²) in [6, 6.07) is 5.11. The van der Waals surface area contributed by atoms with Gasteiger partial charge in [-0.3, -0.25) is 4.79 Å². The van der Waals surface area contributed by atoms with E-state index in [-0.39, 0.29) is 17.9 Å². The molecule has 6 heteroatoms. The van der Waals surface area contributed by atoms with Crippen molar-refractivity contribution >= 4 is 5.91 Å². The van der Waals surface area contributed by atoms with Gasteiger partial charge in [0.25, 0.3) is 0 Å². The van der Waals surface area contributed by atoms with Crippen molar-refractivity contribution in [2.24, 2.45) is 5.92 Å². The summed E-state index contributed by atoms with van der Waals surface area (Å²) in [6.45, 7) is 4.71. The van der Waals surface area contributed by atoms with Gasteiger partial charge in [0, 0.05) is 12.5 Å². The number of alkyl halides is 3. The van der Waals surface area contributed by atoms with E-state index in [2.05, 4.69) is 5.32 Å². The standard InChI is InChI=1S/C16H20F3NO2/c1-11(14(21)20-15(2)6-7-22-10-15)8-12-4-3-5-13(9-12)16(17,18)19/h3-5,9,11H,6-8,10H2,1-2H3,(H,20,21). The first-order valence-corrected chi connectivity index (χ1v) is 7.25. The largest absolute Gasteiger partial charge is 0.416 e. The van der Waals surface area contributed by atoms with E-state index in [1.165, 1.54) is 6.07 Å². The minimum absolute atomic E-state index is 0.162. The number of rotatable bonds is 4. The van der Waals surface area contributed by atoms with E-state index in [1.54, 1.807) is 13.0 Å². The molecular formula is C16H20F3NO2. The molecule has 0 aromatic heterocycles. The van der Waals surface area contributed by atoms with Crippen LogP contribution in [0.15, 0.2) is 24.3 Å². The lowest BCUT2D eigenvalue weighted by Crippen LogP contribution is -2.48. The Morgan fingerprint density at radius 2 is 2.18 bits per heavy atom. The maximum absolute atomic E-state index is 12.7. The molecule has 0 spiro atoms. The monoisotopic (exact) mass is 315 g/mol. The highest BCUT2D eigenvalue weighted by atomic mass is 19.4. The molecular weight excluding hydrogens is 295 g/mol. The van der Waals surface area contributed by atoms with Crippen LogP contribution in [0.5, 0.6) is 0 Å². The van der Waals surface area contributed by atoms with Crippen LogP contribution in [0.4, 0.5) is 13.2 Å². The molecule has 1 aromatic rings. The number of carbonyl (C=O) groups excluding carboxylic acids is 1. The van der Waals surface area contributed by atoms with E-state index in [9.17, 15) is 18.0 Å². The van der Waals surface area contributed by atoms with Crippen LogP contribution in [0, 0.1) is 5.92 Å². The lowest BCUT2D eigenvalue weighted by molar-refractivity contribution is -0.137. The number of halogens is 3. The van der Waals surface area contributed by atoms with E-state index in [0.29, 0.717) is 18.8 Å². The molecule has 0 aliphatic carbocycles. The number of ether oxygens (including phenoxy) is 1. The lowest BCUT2D eigenvalue weighted by atomic mass is 9.96. The minimum atomic E-state index is -4.36. The SMILES string of the molecule is CC(Cc1cccc(C(F)(F)F)c1)C(=O)NC1(C)CCOC1. The molecule has 1 fully saturated rings. The van der Waals surface area contributed by atoms with Gasteiger partial charge in [0.1, 0.15) is 0 Å². The van der Waals surface area contributed by atoms with Gasteiger partial charge >= 0.3 is 6.18 Å². The summed E-state index contributed by atoms with van der Waals surface area (Å²) < 4.78 is 43.3. The number of nitrogens with one attached hydrogen (secondary N) is 1. The Kier molecular flexibility index (Phi) is 4.80. The van der Waals surface area contributed by atoms with E-state index in [0.717, 1.165) is 18.6 Å². The Balaban J connectivity index is 1.99. The molecule has 1 amide bonds. The van der Waals surface area contributed by atoms with Gasteiger partial charge in [-0.15, -0.1) is 0 Å². The maximum Gasteiger partial charge on any atom is 0.416 e. The van der Waals surface area contributed by atoms with Crippen molar-refractivity contribution in [2.75, 3.05) is 13.2 Å². The zero-order chi connectivity index (χ0) is 16.4. The van der Waals surface area contributed by atoms with Gasteiger partial charge in [-0.2, -0.15) is 13.2 Å². The van der Waals surface area contributed by atoms with Crippen LogP contribution in [-0.4, -0.2) is 24.7 Å². The molecule has 0 radical (unpaired) electrons. The van der Waals surface area contributed by atoms with Crippen molar-refractivity contribution in [2.45, 2.75) is 38.4 Å². The van der Waals surface area contributed by atoms with Gasteiger partial charge in [-0.1, -0.05) is 25.1 Å². The highest BCUT2D eigenvalue weighted by Gasteiger charge is 2.33. The number of hydrogen-bond donors (Lipinski definition) is 1. The van der Waals surface area contributed by atoms with Crippen molar-refractivity contribution in [3.05, 3.63) is 35.4 Å². The summed E-state index contributed by atoms with van der Waals surface area (Å²) in [5, 5.41) is 2.93. The third-order valence-corrected chi connectivity index (χ3v) is 3.89. The predicted molar refractivity (Wildman–Crippen MR) is 76.3 cm³/mol. The summed E-state index contributed by atoms with van der Waals surface area (Å²) in [5.41, 5.74) is -0.557. The van der Waals surface area contributed by atoms with Gasteiger partial charge in [0.15, 0.2) is 0 Å². The molecule has 1 aliphatic heterocycles. The third-order valence-electron chi connectivity index (χ3n) is 3.89. The van der Waals surface area contributed by atoms with E-state index in [4.69, 9.17) is 4.74 Å². The van der Waals surface area contributed by atoms with Gasteiger partial charge in [-0.05, 0) is 31.4 Å². The fraction of sp³-hybridized carbons (Fsp3) is 0.562. The summed E-state index contributed by atoms with van der Waals surface area (Å²) in [4.78, 5) is 12.2. The zero-order valence-electron chi connectivity index (χ0n) is 12.7. The first-order chi connectivity index (χ1) is 10.2. The highest BCUT2D eigenvalue weighted by Crippen LogP contribution is 2.30. The Labute approximate surface area is 127 Å². The van der Waals surface area contributed by atoms with Crippen molar-refractivity contribution < 1.29 is 22.7 Å². The highest BCUT2D eigenvalue weighted by molar-refractivity contribution is 5.79. The second kappa shape index (κ2) is 6.28. The molecule has 2 unspecified atom stereocenters. The van der Waals surface area contributed by atoms with Crippen LogP contribution in [0.2, 0.25) is 0 Å². The summed E-state index contributed by atoms with van der Waals surface area (Å²) >= 11 is 0. The number of amides is 1. The molecule has 3 nitrogen and oxygen atoms in total. The van der Waals surface area contributed by atoms with Crippen molar-refractivity contribution in [1.82, 2.24) is 5.32 Å². The molecule has 22 heavy (non-hydrogen) atoms. The van der Waals surface area contributed by atoms with Gasteiger partial charge in [-0.25, -0.2) is 0 Å². The summed E-state index contributed by atoms with van der Waals surface area (Å²) in [7, 11) is 0. The number of benzene rings is 1. The average Bonchev–Trinajstić information content (AvgIpc) is 2.84. The van der Waals surface area contributed by atoms with Crippen LogP contribution in [0.3, 0.4) is 0 Å². The molecule has 0 bridgehead atoms. The van der Waals surface area contributed by atoms with Gasteiger partial charge in [0.05, 0.1) is 17.7 Å². The van der Waals surface area contributed by atoms with Gasteiger partial charge in [0.2, 0.25) is 5.91 Å². The summed E-state index contributed by atoms with van der Waals surface area (Å²) in [6.07, 6.45) is -3.35. The lowest BCUT2D eigenvalue weighted by Gasteiger charge is -2.25. The molecule has 1 aliphatic rings. The molecule has 122 valence electrons. The molecule has 1 saturated heterocycles. The fourth-order valence-electron chi connectivity index (χ4n) is 2.51. The van der Waals surface area contributed by atoms with Crippen molar-refractivity contribution in [3.63, 3.8) is 0 Å². The van der Waals surface area contributed by atoms with Crippen LogP contribution >= 0.6 is 0 Å². The van der Waals surface area contributed by atoms with Crippen LogP contribution in [-0.2, 0) is 22.1 Å². The predicted octanol–water partition coefficient (Wildman–Crippen LogP) is 3.18. The van der Waals surface area contributed by atoms with Gasteiger partial charge < -0.3 is 10.1 Å². The van der Waals surface area contributed by atoms with Crippen LogP contribution in [0.25, 0.3) is 0 Å².